The van der Waals surface area contributed by atoms with Crippen molar-refractivity contribution in [1.82, 2.24) is 0 Å². The number of nitrogens with zero attached hydrogens (tertiary/aromatic N) is 2. The van der Waals surface area contributed by atoms with Crippen LogP contribution in [0, 0.1) is 17.2 Å². The van der Waals surface area contributed by atoms with Crippen molar-refractivity contribution in [3.63, 3.8) is 0 Å². The molecule has 1 aromatic carbocycles. The van der Waals surface area contributed by atoms with E-state index in [0.29, 0.717) is 5.92 Å². The molecular formula is C21H23BrN2. The number of rotatable bonds is 2. The molecule has 0 saturated heterocycles. The Morgan fingerprint density at radius 2 is 1.92 bits per heavy atom. The van der Waals surface area contributed by atoms with Crippen molar-refractivity contribution in [3.05, 3.63) is 58.2 Å². The molecule has 2 unspecified atom stereocenters. The van der Waals surface area contributed by atoms with Crippen LogP contribution in [0.5, 0.6) is 0 Å². The molecule has 2 aliphatic rings. The molecule has 0 spiro atoms. The molecule has 3 heteroatoms. The van der Waals surface area contributed by atoms with Crippen LogP contribution in [0.4, 0.5) is 0 Å². The van der Waals surface area contributed by atoms with E-state index in [2.05, 4.69) is 51.3 Å². The molecule has 1 heterocycles. The van der Waals surface area contributed by atoms with E-state index >= 15 is 0 Å². The summed E-state index contributed by atoms with van der Waals surface area (Å²) in [4.78, 5) is 4.68. The van der Waals surface area contributed by atoms with Crippen LogP contribution in [0.2, 0.25) is 0 Å². The van der Waals surface area contributed by atoms with Gasteiger partial charge in [-0.2, -0.15) is 5.26 Å². The standard InChI is InChI=1S/C21H23BrN2/c22-19-10-6-11-20(24-15-19)17-7-4-5-13-21(16-23,14-12-17)18-8-2-1-3-9-18/h1-3,8-11,15,17H,4-7,12-14H2. The van der Waals surface area contributed by atoms with Crippen molar-refractivity contribution >= 4 is 22.1 Å². The van der Waals surface area contributed by atoms with Crippen molar-refractivity contribution in [1.29, 1.82) is 5.26 Å². The van der Waals surface area contributed by atoms with E-state index in [4.69, 9.17) is 0 Å². The van der Waals surface area contributed by atoms with E-state index in [1.165, 1.54) is 24.1 Å². The molecule has 124 valence electrons. The van der Waals surface area contributed by atoms with Gasteiger partial charge < -0.3 is 0 Å². The third-order valence-corrected chi connectivity index (χ3v) is 5.79. The number of benzene rings is 1. The summed E-state index contributed by atoms with van der Waals surface area (Å²) < 4.78 is 1.05. The van der Waals surface area contributed by atoms with Gasteiger partial charge in [-0.05, 0) is 53.6 Å². The molecule has 0 amide bonds. The zero-order chi connectivity index (χ0) is 16.8. The Labute approximate surface area is 153 Å². The fraction of sp³-hybridized carbons (Fsp3) is 0.429. The lowest BCUT2D eigenvalue weighted by molar-refractivity contribution is 0.339. The first-order valence-electron chi connectivity index (χ1n) is 8.80. The normalized spacial score (nSPS) is 27.9. The number of halogens is 1. The molecule has 0 aromatic heterocycles. The number of nitriles is 1. The molecule has 1 aliphatic heterocycles. The van der Waals surface area contributed by atoms with Crippen LogP contribution < -0.4 is 0 Å². The Balaban J connectivity index is 1.80. The van der Waals surface area contributed by atoms with Crippen molar-refractivity contribution in [2.45, 2.75) is 50.4 Å². The third kappa shape index (κ3) is 3.87. The molecule has 2 atom stereocenters. The predicted octanol–water partition coefficient (Wildman–Crippen LogP) is 6.06. The van der Waals surface area contributed by atoms with Gasteiger partial charge in [0.15, 0.2) is 0 Å². The summed E-state index contributed by atoms with van der Waals surface area (Å²) in [6.45, 7) is 0. The first-order valence-corrected chi connectivity index (χ1v) is 9.59. The molecule has 1 fully saturated rings. The van der Waals surface area contributed by atoms with Gasteiger partial charge in [-0.25, -0.2) is 0 Å². The second-order valence-electron chi connectivity index (χ2n) is 6.75. The smallest absolute Gasteiger partial charge is 0.0822 e. The Kier molecular flexibility index (Phi) is 5.68. The lowest BCUT2D eigenvalue weighted by atomic mass is 9.70. The van der Waals surface area contributed by atoms with Crippen LogP contribution in [0.25, 0.3) is 0 Å². The van der Waals surface area contributed by atoms with Gasteiger partial charge in [-0.15, -0.1) is 0 Å². The summed E-state index contributed by atoms with van der Waals surface area (Å²) in [5, 5.41) is 9.98. The molecule has 0 bridgehead atoms. The molecule has 24 heavy (non-hydrogen) atoms. The SMILES string of the molecule is N#CC1(c2ccccc2)CCCCC(C2=CCC=C(Br)C=N2)CC1. The Hall–Kier alpha value is -1.66. The molecular weight excluding hydrogens is 360 g/mol. The molecule has 1 aliphatic carbocycles. The highest BCUT2D eigenvalue weighted by molar-refractivity contribution is 9.12. The first kappa shape index (κ1) is 17.2. The summed E-state index contributed by atoms with van der Waals surface area (Å²) in [5.74, 6) is 0.463. The van der Waals surface area contributed by atoms with Crippen LogP contribution in [0.1, 0.15) is 50.5 Å². The second-order valence-corrected chi connectivity index (χ2v) is 7.67. The maximum Gasteiger partial charge on any atom is 0.0822 e. The minimum absolute atomic E-state index is 0.340. The highest BCUT2D eigenvalue weighted by Crippen LogP contribution is 2.40. The van der Waals surface area contributed by atoms with Gasteiger partial charge >= 0.3 is 0 Å². The maximum atomic E-state index is 9.98. The Morgan fingerprint density at radius 1 is 1.08 bits per heavy atom. The van der Waals surface area contributed by atoms with Gasteiger partial charge in [0.25, 0.3) is 0 Å². The van der Waals surface area contributed by atoms with E-state index in [1.54, 1.807) is 0 Å². The minimum atomic E-state index is -0.340. The predicted molar refractivity (Wildman–Crippen MR) is 103 cm³/mol. The minimum Gasteiger partial charge on any atom is -0.260 e. The van der Waals surface area contributed by atoms with Gasteiger partial charge in [0.2, 0.25) is 0 Å². The van der Waals surface area contributed by atoms with Crippen molar-refractivity contribution in [3.8, 4) is 6.07 Å². The van der Waals surface area contributed by atoms with Crippen molar-refractivity contribution in [2.24, 2.45) is 10.9 Å². The van der Waals surface area contributed by atoms with Gasteiger partial charge in [0.1, 0.15) is 0 Å². The molecule has 0 radical (unpaired) electrons. The van der Waals surface area contributed by atoms with Crippen LogP contribution in [0.3, 0.4) is 0 Å². The number of hydrogen-bond acceptors (Lipinski definition) is 2. The molecule has 0 N–H and O–H groups in total. The van der Waals surface area contributed by atoms with Gasteiger partial charge in [0.05, 0.1) is 11.5 Å². The summed E-state index contributed by atoms with van der Waals surface area (Å²) in [6.07, 6.45) is 13.6. The first-order chi connectivity index (χ1) is 11.7. The highest BCUT2D eigenvalue weighted by Gasteiger charge is 2.34. The largest absolute Gasteiger partial charge is 0.260 e. The number of allylic oxidation sites excluding steroid dienone is 4. The topological polar surface area (TPSA) is 36.1 Å². The average Bonchev–Trinajstić information content (AvgIpc) is 2.81. The quantitative estimate of drug-likeness (QED) is 0.612. The van der Waals surface area contributed by atoms with Crippen LogP contribution in [0.15, 0.2) is 57.7 Å². The fourth-order valence-electron chi connectivity index (χ4n) is 3.83. The van der Waals surface area contributed by atoms with Gasteiger partial charge in [-0.3, -0.25) is 4.99 Å². The average molecular weight is 383 g/mol. The van der Waals surface area contributed by atoms with Crippen LogP contribution in [-0.4, -0.2) is 6.21 Å². The van der Waals surface area contributed by atoms with E-state index in [-0.39, 0.29) is 5.41 Å². The Morgan fingerprint density at radius 3 is 2.71 bits per heavy atom. The van der Waals surface area contributed by atoms with E-state index in [1.807, 2.05) is 24.4 Å². The zero-order valence-electron chi connectivity index (χ0n) is 13.9. The van der Waals surface area contributed by atoms with E-state index < -0.39 is 0 Å². The van der Waals surface area contributed by atoms with E-state index in [9.17, 15) is 5.26 Å². The van der Waals surface area contributed by atoms with Crippen LogP contribution in [-0.2, 0) is 5.41 Å². The maximum absolute atomic E-state index is 9.98. The molecule has 2 nitrogen and oxygen atoms in total. The summed E-state index contributed by atoms with van der Waals surface area (Å²) in [6, 6.07) is 13.0. The van der Waals surface area contributed by atoms with Gasteiger partial charge in [0, 0.05) is 22.3 Å². The number of hydrogen-bond donors (Lipinski definition) is 0. The third-order valence-electron chi connectivity index (χ3n) is 5.26. The Bertz CT molecular complexity index is 696. The fourth-order valence-corrected chi connectivity index (χ4v) is 4.12. The second kappa shape index (κ2) is 7.94. The molecule has 1 saturated carbocycles. The monoisotopic (exact) mass is 382 g/mol. The van der Waals surface area contributed by atoms with E-state index in [0.717, 1.165) is 36.6 Å². The summed E-state index contributed by atoms with van der Waals surface area (Å²) in [7, 11) is 0. The lowest BCUT2D eigenvalue weighted by Gasteiger charge is -2.32. The highest BCUT2D eigenvalue weighted by atomic mass is 79.9. The number of aliphatic imine (C=N–C) groups is 1. The molecule has 3 rings (SSSR count). The molecule has 1 aromatic rings. The lowest BCUT2D eigenvalue weighted by Crippen LogP contribution is -2.27. The van der Waals surface area contributed by atoms with Crippen molar-refractivity contribution in [2.75, 3.05) is 0 Å². The summed E-state index contributed by atoms with van der Waals surface area (Å²) >= 11 is 3.51. The van der Waals surface area contributed by atoms with Crippen molar-refractivity contribution < 1.29 is 0 Å². The zero-order valence-corrected chi connectivity index (χ0v) is 15.5. The van der Waals surface area contributed by atoms with Gasteiger partial charge in [-0.1, -0.05) is 55.3 Å². The van der Waals surface area contributed by atoms with Crippen LogP contribution >= 0.6 is 15.9 Å². The summed E-state index contributed by atoms with van der Waals surface area (Å²) in [5.41, 5.74) is 2.03.